The average molecular weight is 279 g/mol. The van der Waals surface area contributed by atoms with Gasteiger partial charge in [0.25, 0.3) is 0 Å². The molecular formula is C13H13NO4S. The summed E-state index contributed by atoms with van der Waals surface area (Å²) in [4.78, 5) is 27.0. The number of rotatable bonds is 5. The number of hydrogen-bond acceptors (Lipinski definition) is 5. The first-order valence-corrected chi connectivity index (χ1v) is 6.67. The first-order chi connectivity index (χ1) is 9.11. The third kappa shape index (κ3) is 3.08. The number of carboxylic acids is 1. The molecule has 0 amide bonds. The molecule has 0 fully saturated rings. The normalized spacial score (nSPS) is 12.3. The molecule has 2 rings (SSSR count). The quantitative estimate of drug-likeness (QED) is 0.670. The van der Waals surface area contributed by atoms with Crippen LogP contribution in [-0.4, -0.2) is 28.6 Å². The van der Waals surface area contributed by atoms with Crippen LogP contribution in [0.3, 0.4) is 0 Å². The number of nitrogens with zero attached hydrogens (tertiary/aromatic N) is 1. The van der Waals surface area contributed by atoms with Crippen LogP contribution in [0.1, 0.15) is 11.9 Å². The highest BCUT2D eigenvalue weighted by Gasteiger charge is 2.29. The number of carboxylic acid groups (broad SMARTS) is 1. The Hall–Kier alpha value is -1.95. The highest BCUT2D eigenvalue weighted by atomic mass is 32.1. The lowest BCUT2D eigenvalue weighted by molar-refractivity contribution is -0.158. The lowest BCUT2D eigenvalue weighted by atomic mass is 10.1. The van der Waals surface area contributed by atoms with E-state index in [-0.39, 0.29) is 13.0 Å². The highest BCUT2D eigenvalue weighted by molar-refractivity contribution is 7.18. The third-order valence-corrected chi connectivity index (χ3v) is 3.64. The van der Waals surface area contributed by atoms with Crippen molar-refractivity contribution in [2.24, 2.45) is 5.92 Å². The zero-order valence-electron chi connectivity index (χ0n) is 10.3. The molecule has 6 heteroatoms. The van der Waals surface area contributed by atoms with Gasteiger partial charge in [-0.15, -0.1) is 11.3 Å². The predicted octanol–water partition coefficient (Wildman–Crippen LogP) is 2.10. The minimum Gasteiger partial charge on any atom is -0.481 e. The van der Waals surface area contributed by atoms with Crippen LogP contribution < -0.4 is 0 Å². The van der Waals surface area contributed by atoms with Crippen LogP contribution in [0.15, 0.2) is 24.3 Å². The van der Waals surface area contributed by atoms with Crippen molar-refractivity contribution in [3.63, 3.8) is 0 Å². The number of ether oxygens (including phenoxy) is 1. The van der Waals surface area contributed by atoms with Crippen molar-refractivity contribution in [3.05, 3.63) is 29.3 Å². The van der Waals surface area contributed by atoms with E-state index in [9.17, 15) is 9.59 Å². The molecule has 1 aromatic carbocycles. The molecule has 1 heterocycles. The first-order valence-electron chi connectivity index (χ1n) is 5.85. The number of benzene rings is 1. The van der Waals surface area contributed by atoms with E-state index in [2.05, 4.69) is 4.98 Å². The van der Waals surface area contributed by atoms with E-state index in [0.29, 0.717) is 5.01 Å². The Labute approximate surface area is 113 Å². The van der Waals surface area contributed by atoms with Gasteiger partial charge in [0.1, 0.15) is 0 Å². The van der Waals surface area contributed by atoms with Crippen LogP contribution in [0.4, 0.5) is 0 Å². The minimum atomic E-state index is -1.19. The Bertz CT molecular complexity index is 574. The zero-order chi connectivity index (χ0) is 13.8. The molecule has 0 aliphatic heterocycles. The fourth-order valence-corrected chi connectivity index (χ4v) is 2.71. The number of esters is 1. The van der Waals surface area contributed by atoms with E-state index in [1.165, 1.54) is 11.3 Å². The van der Waals surface area contributed by atoms with Gasteiger partial charge in [-0.3, -0.25) is 9.59 Å². The van der Waals surface area contributed by atoms with Crippen molar-refractivity contribution in [2.45, 2.75) is 13.3 Å². The molecule has 1 atom stereocenters. The van der Waals surface area contributed by atoms with Crippen molar-refractivity contribution in [1.82, 2.24) is 4.98 Å². The second-order valence-corrected chi connectivity index (χ2v) is 5.04. The summed E-state index contributed by atoms with van der Waals surface area (Å²) in [7, 11) is 0. The van der Waals surface area contributed by atoms with Gasteiger partial charge in [-0.1, -0.05) is 12.1 Å². The molecule has 0 aliphatic carbocycles. The van der Waals surface area contributed by atoms with Crippen molar-refractivity contribution in [3.8, 4) is 0 Å². The van der Waals surface area contributed by atoms with Gasteiger partial charge < -0.3 is 9.84 Å². The van der Waals surface area contributed by atoms with E-state index >= 15 is 0 Å². The molecule has 19 heavy (non-hydrogen) atoms. The summed E-state index contributed by atoms with van der Waals surface area (Å²) in [6, 6.07) is 7.53. The van der Waals surface area contributed by atoms with Gasteiger partial charge in [0.05, 0.1) is 21.8 Å². The monoisotopic (exact) mass is 279 g/mol. The Balaban J connectivity index is 2.21. The molecule has 5 nitrogen and oxygen atoms in total. The highest BCUT2D eigenvalue weighted by Crippen LogP contribution is 2.24. The maximum Gasteiger partial charge on any atom is 0.320 e. The number of fused-ring (bicyclic) bond motifs is 1. The second-order valence-electron chi connectivity index (χ2n) is 3.92. The van der Waals surface area contributed by atoms with Crippen molar-refractivity contribution in [2.75, 3.05) is 6.61 Å². The number of hydrogen-bond donors (Lipinski definition) is 1. The molecule has 100 valence electrons. The van der Waals surface area contributed by atoms with E-state index in [4.69, 9.17) is 9.84 Å². The van der Waals surface area contributed by atoms with Crippen LogP contribution in [0.2, 0.25) is 0 Å². The first kappa shape index (κ1) is 13.5. The molecular weight excluding hydrogens is 266 g/mol. The molecule has 0 spiro atoms. The number of carbonyl (C=O) groups is 2. The number of aliphatic carboxylic acids is 1. The molecule has 1 N–H and O–H groups in total. The Kier molecular flexibility index (Phi) is 4.11. The number of aromatic nitrogens is 1. The largest absolute Gasteiger partial charge is 0.481 e. The maximum absolute atomic E-state index is 11.6. The summed E-state index contributed by atoms with van der Waals surface area (Å²) < 4.78 is 5.75. The lowest BCUT2D eigenvalue weighted by Crippen LogP contribution is -2.27. The van der Waals surface area contributed by atoms with E-state index < -0.39 is 17.9 Å². The van der Waals surface area contributed by atoms with Gasteiger partial charge in [-0.25, -0.2) is 4.98 Å². The molecule has 0 radical (unpaired) electrons. The van der Waals surface area contributed by atoms with Crippen molar-refractivity contribution >= 4 is 33.5 Å². The van der Waals surface area contributed by atoms with Gasteiger partial charge in [-0.05, 0) is 19.1 Å². The molecule has 2 aromatic rings. The zero-order valence-corrected chi connectivity index (χ0v) is 11.1. The van der Waals surface area contributed by atoms with Crippen LogP contribution in [0.5, 0.6) is 0 Å². The lowest BCUT2D eigenvalue weighted by Gasteiger charge is -2.09. The van der Waals surface area contributed by atoms with Crippen LogP contribution >= 0.6 is 11.3 Å². The average Bonchev–Trinajstić information content (AvgIpc) is 2.78. The molecule has 0 saturated carbocycles. The Morgan fingerprint density at radius 1 is 1.42 bits per heavy atom. The van der Waals surface area contributed by atoms with Crippen molar-refractivity contribution in [1.29, 1.82) is 0 Å². The third-order valence-electron chi connectivity index (χ3n) is 2.59. The van der Waals surface area contributed by atoms with Crippen LogP contribution in [0, 0.1) is 5.92 Å². The molecule has 0 bridgehead atoms. The fourth-order valence-electron chi connectivity index (χ4n) is 1.70. The molecule has 0 aliphatic rings. The van der Waals surface area contributed by atoms with Crippen LogP contribution in [0.25, 0.3) is 10.2 Å². The van der Waals surface area contributed by atoms with E-state index in [1.54, 1.807) is 6.92 Å². The fraction of sp³-hybridized carbons (Fsp3) is 0.308. The number of para-hydroxylation sites is 1. The Morgan fingerprint density at radius 3 is 2.79 bits per heavy atom. The second kappa shape index (κ2) is 5.79. The van der Waals surface area contributed by atoms with Gasteiger partial charge in [0, 0.05) is 6.42 Å². The van der Waals surface area contributed by atoms with Crippen molar-refractivity contribution < 1.29 is 19.4 Å². The summed E-state index contributed by atoms with van der Waals surface area (Å²) in [6.45, 7) is 1.82. The van der Waals surface area contributed by atoms with Gasteiger partial charge >= 0.3 is 11.9 Å². The summed E-state index contributed by atoms with van der Waals surface area (Å²) in [5.41, 5.74) is 0.815. The van der Waals surface area contributed by atoms with E-state index in [1.807, 2.05) is 24.3 Å². The Morgan fingerprint density at radius 2 is 2.16 bits per heavy atom. The molecule has 1 aromatic heterocycles. The van der Waals surface area contributed by atoms with Gasteiger partial charge in [0.15, 0.2) is 5.92 Å². The standard InChI is InChI=1S/C13H13NO4S/c1-2-18-13(17)8(12(15)16)7-11-14-9-5-3-4-6-10(9)19-11/h3-6,8H,2,7H2,1H3,(H,15,16). The minimum absolute atomic E-state index is 0.0630. The van der Waals surface area contributed by atoms with Gasteiger partial charge in [-0.2, -0.15) is 0 Å². The van der Waals surface area contributed by atoms with Crippen LogP contribution in [-0.2, 0) is 20.7 Å². The summed E-state index contributed by atoms with van der Waals surface area (Å²) >= 11 is 1.40. The SMILES string of the molecule is CCOC(=O)C(Cc1nc2ccccc2s1)C(=O)O. The predicted molar refractivity (Wildman–Crippen MR) is 71.1 cm³/mol. The smallest absolute Gasteiger partial charge is 0.320 e. The molecule has 1 unspecified atom stereocenters. The summed E-state index contributed by atoms with van der Waals surface area (Å²) in [6.07, 6.45) is 0.0630. The topological polar surface area (TPSA) is 76.5 Å². The summed E-state index contributed by atoms with van der Waals surface area (Å²) in [5.74, 6) is -3.09. The number of carbonyl (C=O) groups excluding carboxylic acids is 1. The van der Waals surface area contributed by atoms with Gasteiger partial charge in [0.2, 0.25) is 0 Å². The van der Waals surface area contributed by atoms with E-state index in [0.717, 1.165) is 10.2 Å². The number of thiazole rings is 1. The maximum atomic E-state index is 11.6. The molecule has 0 saturated heterocycles. The summed E-state index contributed by atoms with van der Waals surface area (Å²) in [5, 5.41) is 9.71.